The van der Waals surface area contributed by atoms with Crippen LogP contribution >= 0.6 is 23.2 Å². The normalized spacial score (nSPS) is 11.2. The molecule has 0 saturated carbocycles. The SMILES string of the molecule is O=C(c1ccccc1Cl)c1ncc(Cl)cc1NS(=O)(=O)c1ccccc1. The van der Waals surface area contributed by atoms with Crippen LogP contribution in [0.15, 0.2) is 71.8 Å². The molecule has 132 valence electrons. The molecule has 1 heterocycles. The molecule has 0 amide bonds. The van der Waals surface area contributed by atoms with Crippen LogP contribution in [0.2, 0.25) is 10.0 Å². The summed E-state index contributed by atoms with van der Waals surface area (Å²) in [5, 5.41) is 0.428. The van der Waals surface area contributed by atoms with Gasteiger partial charge in [0.05, 0.1) is 20.6 Å². The lowest BCUT2D eigenvalue weighted by molar-refractivity contribution is 0.103. The van der Waals surface area contributed by atoms with E-state index in [2.05, 4.69) is 9.71 Å². The molecule has 0 fully saturated rings. The summed E-state index contributed by atoms with van der Waals surface area (Å²) in [6, 6.07) is 15.6. The minimum absolute atomic E-state index is 0.0220. The molecule has 0 spiro atoms. The third kappa shape index (κ3) is 3.88. The Kier molecular flexibility index (Phi) is 5.27. The molecule has 3 rings (SSSR count). The predicted octanol–water partition coefficient (Wildman–Crippen LogP) is 4.42. The van der Waals surface area contributed by atoms with Crippen LogP contribution < -0.4 is 4.72 Å². The van der Waals surface area contributed by atoms with Crippen LogP contribution in [0.1, 0.15) is 16.1 Å². The highest BCUT2D eigenvalue weighted by Crippen LogP contribution is 2.26. The van der Waals surface area contributed by atoms with Crippen molar-refractivity contribution in [3.63, 3.8) is 0 Å². The molecule has 0 aliphatic heterocycles. The molecule has 3 aromatic rings. The number of hydrogen-bond acceptors (Lipinski definition) is 4. The molecule has 2 aromatic carbocycles. The molecule has 0 saturated heterocycles. The number of nitrogens with zero attached hydrogens (tertiary/aromatic N) is 1. The molecule has 1 N–H and O–H groups in total. The number of benzene rings is 2. The van der Waals surface area contributed by atoms with E-state index in [0.717, 1.165) is 0 Å². The molecule has 0 aliphatic carbocycles. The summed E-state index contributed by atoms with van der Waals surface area (Å²) in [6.07, 6.45) is 1.27. The van der Waals surface area contributed by atoms with Crippen LogP contribution in [0, 0.1) is 0 Å². The summed E-state index contributed by atoms with van der Waals surface area (Å²) < 4.78 is 27.5. The Balaban J connectivity index is 2.05. The number of hydrogen-bond donors (Lipinski definition) is 1. The van der Waals surface area contributed by atoms with E-state index in [1.165, 1.54) is 30.5 Å². The largest absolute Gasteiger partial charge is 0.287 e. The van der Waals surface area contributed by atoms with Crippen LogP contribution in [0.3, 0.4) is 0 Å². The second-order valence-electron chi connectivity index (χ2n) is 5.28. The van der Waals surface area contributed by atoms with Crippen molar-refractivity contribution in [1.82, 2.24) is 4.98 Å². The van der Waals surface area contributed by atoms with Crippen LogP contribution in [0.4, 0.5) is 5.69 Å². The summed E-state index contributed by atoms with van der Waals surface area (Å²) in [4.78, 5) is 16.9. The van der Waals surface area contributed by atoms with Crippen molar-refractivity contribution in [2.75, 3.05) is 4.72 Å². The van der Waals surface area contributed by atoms with Gasteiger partial charge in [-0.3, -0.25) is 9.52 Å². The van der Waals surface area contributed by atoms with Crippen LogP contribution in [0.25, 0.3) is 0 Å². The first-order valence-electron chi connectivity index (χ1n) is 7.41. The smallest absolute Gasteiger partial charge is 0.261 e. The van der Waals surface area contributed by atoms with Gasteiger partial charge in [-0.05, 0) is 30.3 Å². The molecular weight excluding hydrogens is 395 g/mol. The molecule has 26 heavy (non-hydrogen) atoms. The number of ketones is 1. The molecule has 0 unspecified atom stereocenters. The third-order valence-electron chi connectivity index (χ3n) is 3.49. The minimum Gasteiger partial charge on any atom is -0.287 e. The minimum atomic E-state index is -3.91. The molecule has 8 heteroatoms. The third-order valence-corrected chi connectivity index (χ3v) is 5.40. The number of rotatable bonds is 5. The summed E-state index contributed by atoms with van der Waals surface area (Å²) in [5.41, 5.74) is 0.0948. The number of pyridine rings is 1. The highest BCUT2D eigenvalue weighted by molar-refractivity contribution is 7.92. The van der Waals surface area contributed by atoms with Crippen LogP contribution in [0.5, 0.6) is 0 Å². The van der Waals surface area contributed by atoms with Gasteiger partial charge in [-0.15, -0.1) is 0 Å². The Labute approximate surface area is 160 Å². The van der Waals surface area contributed by atoms with E-state index in [1.54, 1.807) is 36.4 Å². The number of carbonyl (C=O) groups is 1. The zero-order chi connectivity index (χ0) is 18.7. The molecular formula is C18H12Cl2N2O3S. The Morgan fingerprint density at radius 3 is 2.31 bits per heavy atom. The van der Waals surface area contributed by atoms with Crippen molar-refractivity contribution in [2.24, 2.45) is 0 Å². The number of carbonyl (C=O) groups excluding carboxylic acids is 1. The van der Waals surface area contributed by atoms with E-state index in [0.29, 0.717) is 0 Å². The monoisotopic (exact) mass is 406 g/mol. The van der Waals surface area contributed by atoms with Gasteiger partial charge in [-0.1, -0.05) is 53.5 Å². The van der Waals surface area contributed by atoms with Crippen molar-refractivity contribution < 1.29 is 13.2 Å². The van der Waals surface area contributed by atoms with E-state index in [1.807, 2.05) is 0 Å². The quantitative estimate of drug-likeness (QED) is 0.636. The van der Waals surface area contributed by atoms with Gasteiger partial charge in [0, 0.05) is 11.8 Å². The van der Waals surface area contributed by atoms with Crippen molar-refractivity contribution in [3.8, 4) is 0 Å². The zero-order valence-electron chi connectivity index (χ0n) is 13.2. The number of aromatic nitrogens is 1. The average Bonchev–Trinajstić information content (AvgIpc) is 2.62. The predicted molar refractivity (Wildman–Crippen MR) is 101 cm³/mol. The maximum Gasteiger partial charge on any atom is 0.261 e. The van der Waals surface area contributed by atoms with Crippen molar-refractivity contribution in [3.05, 3.63) is 88.2 Å². The average molecular weight is 407 g/mol. The summed E-state index contributed by atoms with van der Waals surface area (Å²) in [5.74, 6) is -0.516. The number of halogens is 2. The first-order chi connectivity index (χ1) is 12.4. The molecule has 0 bridgehead atoms. The van der Waals surface area contributed by atoms with Crippen LogP contribution in [-0.2, 0) is 10.0 Å². The Morgan fingerprint density at radius 2 is 1.62 bits per heavy atom. The van der Waals surface area contributed by atoms with Gasteiger partial charge >= 0.3 is 0 Å². The summed E-state index contributed by atoms with van der Waals surface area (Å²) in [6.45, 7) is 0. The fourth-order valence-electron chi connectivity index (χ4n) is 2.27. The van der Waals surface area contributed by atoms with Gasteiger partial charge < -0.3 is 0 Å². The highest BCUT2D eigenvalue weighted by atomic mass is 35.5. The van der Waals surface area contributed by atoms with Gasteiger partial charge in [-0.2, -0.15) is 0 Å². The maximum atomic E-state index is 12.8. The fraction of sp³-hybridized carbons (Fsp3) is 0. The second-order valence-corrected chi connectivity index (χ2v) is 7.80. The Bertz CT molecular complexity index is 1070. The summed E-state index contributed by atoms with van der Waals surface area (Å²) >= 11 is 12.0. The molecule has 0 radical (unpaired) electrons. The number of nitrogens with one attached hydrogen (secondary N) is 1. The van der Waals surface area contributed by atoms with Crippen molar-refractivity contribution >= 4 is 44.7 Å². The van der Waals surface area contributed by atoms with Gasteiger partial charge in [0.15, 0.2) is 0 Å². The molecule has 0 aliphatic rings. The summed E-state index contributed by atoms with van der Waals surface area (Å²) in [7, 11) is -3.91. The van der Waals surface area contributed by atoms with Gasteiger partial charge in [-0.25, -0.2) is 13.4 Å². The highest BCUT2D eigenvalue weighted by Gasteiger charge is 2.22. The number of sulfonamides is 1. The standard InChI is InChI=1S/C18H12Cl2N2O3S/c19-12-10-16(22-26(24,25)13-6-2-1-3-7-13)17(21-11-12)18(23)14-8-4-5-9-15(14)20/h1-11,22H. The maximum absolute atomic E-state index is 12.8. The zero-order valence-corrected chi connectivity index (χ0v) is 15.5. The van der Waals surface area contributed by atoms with E-state index in [-0.39, 0.29) is 31.9 Å². The van der Waals surface area contributed by atoms with Crippen molar-refractivity contribution in [2.45, 2.75) is 4.90 Å². The molecule has 1 aromatic heterocycles. The lowest BCUT2D eigenvalue weighted by Gasteiger charge is -2.12. The second kappa shape index (κ2) is 7.45. The lowest BCUT2D eigenvalue weighted by Crippen LogP contribution is -2.17. The van der Waals surface area contributed by atoms with Crippen LogP contribution in [-0.4, -0.2) is 19.2 Å². The number of anilines is 1. The Morgan fingerprint density at radius 1 is 0.962 bits per heavy atom. The van der Waals surface area contributed by atoms with E-state index >= 15 is 0 Å². The van der Waals surface area contributed by atoms with Gasteiger partial charge in [0.2, 0.25) is 5.78 Å². The van der Waals surface area contributed by atoms with E-state index in [4.69, 9.17) is 23.2 Å². The Hall–Kier alpha value is -2.41. The van der Waals surface area contributed by atoms with Gasteiger partial charge in [0.1, 0.15) is 5.69 Å². The first kappa shape index (κ1) is 18.4. The molecule has 5 nitrogen and oxygen atoms in total. The van der Waals surface area contributed by atoms with E-state index in [9.17, 15) is 13.2 Å². The molecule has 0 atom stereocenters. The first-order valence-corrected chi connectivity index (χ1v) is 9.65. The van der Waals surface area contributed by atoms with Crippen molar-refractivity contribution in [1.29, 1.82) is 0 Å². The van der Waals surface area contributed by atoms with Gasteiger partial charge in [0.25, 0.3) is 10.0 Å². The fourth-order valence-corrected chi connectivity index (χ4v) is 3.73. The van der Waals surface area contributed by atoms with E-state index < -0.39 is 15.8 Å². The topological polar surface area (TPSA) is 76.1 Å². The lowest BCUT2D eigenvalue weighted by atomic mass is 10.1.